The highest BCUT2D eigenvalue weighted by atomic mass is 32.1. The molecule has 0 aliphatic heterocycles. The van der Waals surface area contributed by atoms with Gasteiger partial charge < -0.3 is 15.0 Å². The molecule has 0 aliphatic carbocycles. The summed E-state index contributed by atoms with van der Waals surface area (Å²) in [5, 5.41) is 3.47. The van der Waals surface area contributed by atoms with Gasteiger partial charge in [0.15, 0.2) is 0 Å². The van der Waals surface area contributed by atoms with Crippen molar-refractivity contribution in [3.63, 3.8) is 0 Å². The molecule has 2 rings (SSSR count). The lowest BCUT2D eigenvalue weighted by molar-refractivity contribution is -0.123. The van der Waals surface area contributed by atoms with Crippen molar-refractivity contribution in [2.24, 2.45) is 5.41 Å². The number of pyridine rings is 1. The van der Waals surface area contributed by atoms with E-state index in [1.54, 1.807) is 25.3 Å². The number of nitrogens with one attached hydrogen (secondary N) is 1. The number of carbonyl (C=O) groups is 2. The standard InChI is InChI=1S/C20H27N3O3S/c1-13-11-14(17(27-13)22-19(25)20(2,3)4)18(24)23(5)16(12-26-6)15-9-7-8-10-21-15/h7-11,16H,12H2,1-6H3,(H,22,25)/t16-/m0/s1. The molecule has 2 aromatic heterocycles. The molecule has 1 atom stereocenters. The lowest BCUT2D eigenvalue weighted by Gasteiger charge is -2.27. The highest BCUT2D eigenvalue weighted by Gasteiger charge is 2.29. The fraction of sp³-hybridized carbons (Fsp3) is 0.450. The van der Waals surface area contributed by atoms with Crippen LogP contribution < -0.4 is 5.32 Å². The minimum absolute atomic E-state index is 0.126. The summed E-state index contributed by atoms with van der Waals surface area (Å²) in [5.74, 6) is -0.310. The van der Waals surface area contributed by atoms with Crippen molar-refractivity contribution in [3.8, 4) is 0 Å². The van der Waals surface area contributed by atoms with E-state index in [1.807, 2.05) is 52.0 Å². The third-order valence-corrected chi connectivity index (χ3v) is 5.10. The van der Waals surface area contributed by atoms with Gasteiger partial charge in [-0.2, -0.15) is 0 Å². The second-order valence-corrected chi connectivity index (χ2v) is 8.70. The van der Waals surface area contributed by atoms with E-state index in [2.05, 4.69) is 10.3 Å². The molecular formula is C20H27N3O3S. The number of rotatable bonds is 6. The quantitative estimate of drug-likeness (QED) is 0.813. The zero-order valence-electron chi connectivity index (χ0n) is 16.7. The van der Waals surface area contributed by atoms with Gasteiger partial charge in [0.05, 0.1) is 23.9 Å². The molecule has 0 unspecified atom stereocenters. The Hall–Kier alpha value is -2.25. The first-order valence-corrected chi connectivity index (χ1v) is 9.55. The van der Waals surface area contributed by atoms with Gasteiger partial charge in [0.2, 0.25) is 5.91 Å². The van der Waals surface area contributed by atoms with Crippen LogP contribution in [0.2, 0.25) is 0 Å². The van der Waals surface area contributed by atoms with Crippen molar-refractivity contribution in [1.82, 2.24) is 9.88 Å². The summed E-state index contributed by atoms with van der Waals surface area (Å²) in [6.07, 6.45) is 1.69. The Morgan fingerprint density at radius 1 is 1.33 bits per heavy atom. The van der Waals surface area contributed by atoms with Crippen LogP contribution in [0.25, 0.3) is 0 Å². The molecule has 2 aromatic rings. The summed E-state index contributed by atoms with van der Waals surface area (Å²) in [6.45, 7) is 7.76. The fourth-order valence-electron chi connectivity index (χ4n) is 2.51. The predicted octanol–water partition coefficient (Wildman–Crippen LogP) is 3.90. The molecule has 0 aromatic carbocycles. The summed E-state index contributed by atoms with van der Waals surface area (Å²) in [7, 11) is 3.32. The number of aromatic nitrogens is 1. The Bertz CT molecular complexity index is 797. The highest BCUT2D eigenvalue weighted by Crippen LogP contribution is 2.32. The topological polar surface area (TPSA) is 71.5 Å². The molecule has 1 N–H and O–H groups in total. The van der Waals surface area contributed by atoms with Crippen molar-refractivity contribution >= 4 is 28.2 Å². The Morgan fingerprint density at radius 2 is 2.04 bits per heavy atom. The van der Waals surface area contributed by atoms with Crippen LogP contribution >= 0.6 is 11.3 Å². The van der Waals surface area contributed by atoms with Crippen LogP contribution in [-0.2, 0) is 9.53 Å². The van der Waals surface area contributed by atoms with Crippen LogP contribution in [0, 0.1) is 12.3 Å². The first kappa shape index (κ1) is 21.1. The van der Waals surface area contributed by atoms with Gasteiger partial charge in [0.25, 0.3) is 5.91 Å². The van der Waals surface area contributed by atoms with E-state index in [4.69, 9.17) is 4.74 Å². The molecule has 0 bridgehead atoms. The molecule has 2 heterocycles. The highest BCUT2D eigenvalue weighted by molar-refractivity contribution is 7.16. The molecular weight excluding hydrogens is 362 g/mol. The summed E-state index contributed by atoms with van der Waals surface area (Å²) < 4.78 is 5.31. The van der Waals surface area contributed by atoms with Crippen LogP contribution in [0.5, 0.6) is 0 Å². The number of amides is 2. The maximum atomic E-state index is 13.2. The third kappa shape index (κ3) is 5.14. The SMILES string of the molecule is COC[C@@H](c1ccccn1)N(C)C(=O)c1cc(C)sc1NC(=O)C(C)(C)C. The number of ether oxygens (including phenoxy) is 1. The van der Waals surface area contributed by atoms with Crippen molar-refractivity contribution in [2.45, 2.75) is 33.7 Å². The van der Waals surface area contributed by atoms with Gasteiger partial charge in [0, 0.05) is 30.6 Å². The Morgan fingerprint density at radius 3 is 2.59 bits per heavy atom. The van der Waals surface area contributed by atoms with E-state index >= 15 is 0 Å². The van der Waals surface area contributed by atoms with Gasteiger partial charge in [-0.1, -0.05) is 26.8 Å². The van der Waals surface area contributed by atoms with Gasteiger partial charge in [-0.15, -0.1) is 11.3 Å². The number of anilines is 1. The predicted molar refractivity (Wildman–Crippen MR) is 108 cm³/mol. The van der Waals surface area contributed by atoms with Crippen molar-refractivity contribution in [2.75, 3.05) is 26.1 Å². The molecule has 7 heteroatoms. The van der Waals surface area contributed by atoms with Crippen LogP contribution in [0.1, 0.15) is 47.7 Å². The van der Waals surface area contributed by atoms with Crippen molar-refractivity contribution < 1.29 is 14.3 Å². The van der Waals surface area contributed by atoms with E-state index < -0.39 is 5.41 Å². The van der Waals surface area contributed by atoms with Gasteiger partial charge in [-0.25, -0.2) is 0 Å². The zero-order chi connectivity index (χ0) is 20.2. The Kier molecular flexibility index (Phi) is 6.73. The summed E-state index contributed by atoms with van der Waals surface area (Å²) in [5.41, 5.74) is 0.688. The van der Waals surface area contributed by atoms with Gasteiger partial charge in [-0.05, 0) is 25.1 Å². The van der Waals surface area contributed by atoms with E-state index in [9.17, 15) is 9.59 Å². The van der Waals surface area contributed by atoms with Crippen LogP contribution in [0.15, 0.2) is 30.5 Å². The monoisotopic (exact) mass is 389 g/mol. The Balaban J connectivity index is 2.32. The molecule has 0 radical (unpaired) electrons. The largest absolute Gasteiger partial charge is 0.382 e. The number of methoxy groups -OCH3 is 1. The number of thiophene rings is 1. The smallest absolute Gasteiger partial charge is 0.257 e. The second-order valence-electron chi connectivity index (χ2n) is 7.45. The molecule has 146 valence electrons. The van der Waals surface area contributed by atoms with E-state index in [0.717, 1.165) is 10.6 Å². The molecule has 27 heavy (non-hydrogen) atoms. The molecule has 6 nitrogen and oxygen atoms in total. The van der Waals surface area contributed by atoms with Gasteiger partial charge >= 0.3 is 0 Å². The molecule has 0 aliphatic rings. The average Bonchev–Trinajstić information content (AvgIpc) is 2.98. The number of likely N-dealkylation sites (N-methyl/N-ethyl adjacent to an activating group) is 1. The Labute approximate surface area is 164 Å². The van der Waals surface area contributed by atoms with Gasteiger partial charge in [0.1, 0.15) is 5.00 Å². The minimum Gasteiger partial charge on any atom is -0.382 e. The number of hydrogen-bond acceptors (Lipinski definition) is 5. The first-order chi connectivity index (χ1) is 12.6. The van der Waals surface area contributed by atoms with Crippen LogP contribution in [0.3, 0.4) is 0 Å². The third-order valence-electron chi connectivity index (χ3n) is 4.14. The van der Waals surface area contributed by atoms with Gasteiger partial charge in [-0.3, -0.25) is 14.6 Å². The number of hydrogen-bond donors (Lipinski definition) is 1. The average molecular weight is 390 g/mol. The molecule has 0 saturated carbocycles. The fourth-order valence-corrected chi connectivity index (χ4v) is 3.41. The molecule has 0 saturated heterocycles. The zero-order valence-corrected chi connectivity index (χ0v) is 17.5. The van der Waals surface area contributed by atoms with E-state index in [1.165, 1.54) is 11.3 Å². The van der Waals surface area contributed by atoms with Crippen molar-refractivity contribution in [1.29, 1.82) is 0 Å². The van der Waals surface area contributed by atoms with E-state index in [-0.39, 0.29) is 17.9 Å². The maximum absolute atomic E-state index is 13.2. The van der Waals surface area contributed by atoms with E-state index in [0.29, 0.717) is 17.2 Å². The van der Waals surface area contributed by atoms with Crippen LogP contribution in [-0.4, -0.2) is 42.5 Å². The summed E-state index contributed by atoms with van der Waals surface area (Å²) in [4.78, 5) is 32.5. The molecule has 2 amide bonds. The number of aryl methyl sites for hydroxylation is 1. The lowest BCUT2D eigenvalue weighted by Crippen LogP contribution is -2.35. The van der Waals surface area contributed by atoms with Crippen molar-refractivity contribution in [3.05, 3.63) is 46.6 Å². The number of nitrogens with zero attached hydrogens (tertiary/aromatic N) is 2. The molecule has 0 spiro atoms. The second kappa shape index (κ2) is 8.63. The first-order valence-electron chi connectivity index (χ1n) is 8.74. The summed E-state index contributed by atoms with van der Waals surface area (Å²) >= 11 is 1.40. The summed E-state index contributed by atoms with van der Waals surface area (Å²) in [6, 6.07) is 7.07. The molecule has 0 fully saturated rings. The minimum atomic E-state index is -0.545. The number of carbonyl (C=O) groups excluding carboxylic acids is 2. The maximum Gasteiger partial charge on any atom is 0.257 e. The normalized spacial score (nSPS) is 12.5. The van der Waals surface area contributed by atoms with Crippen LogP contribution in [0.4, 0.5) is 5.00 Å². The lowest BCUT2D eigenvalue weighted by atomic mass is 9.96.